The molecule has 1 aliphatic heterocycles. The highest BCUT2D eigenvalue weighted by molar-refractivity contribution is 8.07. The Morgan fingerprint density at radius 3 is 2.76 bits per heavy atom. The van der Waals surface area contributed by atoms with Gasteiger partial charge in [-0.15, -0.1) is 11.3 Å². The van der Waals surface area contributed by atoms with Crippen LogP contribution in [-0.4, -0.2) is 28.6 Å². The molecule has 2 rings (SSSR count). The normalized spacial score (nSPS) is 27.0. The van der Waals surface area contributed by atoms with Crippen LogP contribution in [0.5, 0.6) is 0 Å². The minimum atomic E-state index is 0.449. The van der Waals surface area contributed by atoms with E-state index in [2.05, 4.69) is 48.8 Å². The summed E-state index contributed by atoms with van der Waals surface area (Å²) < 4.78 is 0.893. The van der Waals surface area contributed by atoms with E-state index in [0.717, 1.165) is 10.9 Å². The lowest BCUT2D eigenvalue weighted by Gasteiger charge is -2.34. The minimum absolute atomic E-state index is 0.449. The fourth-order valence-corrected chi connectivity index (χ4v) is 6.32. The lowest BCUT2D eigenvalue weighted by atomic mass is 10.1. The van der Waals surface area contributed by atoms with Gasteiger partial charge in [0.2, 0.25) is 0 Å². The van der Waals surface area contributed by atoms with E-state index in [0.29, 0.717) is 16.5 Å². The van der Waals surface area contributed by atoms with E-state index < -0.39 is 0 Å². The second kappa shape index (κ2) is 6.71. The van der Waals surface area contributed by atoms with E-state index in [1.165, 1.54) is 16.4 Å². The molecule has 0 aliphatic carbocycles. The van der Waals surface area contributed by atoms with Gasteiger partial charge >= 0.3 is 0 Å². The maximum Gasteiger partial charge on any atom is 0.0931 e. The predicted octanol–water partition coefficient (Wildman–Crippen LogP) is 4.29. The average molecular weight is 308 g/mol. The smallest absolute Gasteiger partial charge is 0.0931 e. The Balaban J connectivity index is 2.15. The molecule has 1 aromatic rings. The Bertz CT molecular complexity index is 355. The average Bonchev–Trinajstić information content (AvgIpc) is 2.74. The van der Waals surface area contributed by atoms with Crippen molar-refractivity contribution in [1.29, 1.82) is 0 Å². The van der Waals surface area contributed by atoms with E-state index in [1.807, 2.05) is 6.07 Å². The fourth-order valence-electron chi connectivity index (χ4n) is 2.11. The van der Waals surface area contributed by atoms with Crippen molar-refractivity contribution in [2.24, 2.45) is 0 Å². The van der Waals surface area contributed by atoms with Crippen LogP contribution in [0.4, 0.5) is 0 Å². The molecule has 2 heterocycles. The highest BCUT2D eigenvalue weighted by Crippen LogP contribution is 2.40. The van der Waals surface area contributed by atoms with Gasteiger partial charge in [-0.2, -0.15) is 23.5 Å². The second-order valence-electron chi connectivity index (χ2n) is 4.09. The first-order valence-electron chi connectivity index (χ1n) is 5.94. The Kier molecular flexibility index (Phi) is 5.55. The molecule has 1 N–H and O–H groups in total. The zero-order valence-electron chi connectivity index (χ0n) is 10.1. The third-order valence-electron chi connectivity index (χ3n) is 2.89. The quantitative estimate of drug-likeness (QED) is 0.891. The molecule has 0 aromatic carbocycles. The summed E-state index contributed by atoms with van der Waals surface area (Å²) in [5.74, 6) is 2.55. The molecule has 0 saturated carbocycles. The largest absolute Gasteiger partial charge is 0.309 e. The van der Waals surface area contributed by atoms with Crippen LogP contribution in [-0.2, 0) is 0 Å². The van der Waals surface area contributed by atoms with Gasteiger partial charge in [0.1, 0.15) is 0 Å². The number of hydrogen-bond acceptors (Lipinski definition) is 4. The molecule has 17 heavy (non-hydrogen) atoms. The Hall–Kier alpha value is 0.650. The molecule has 1 aliphatic rings. The molecule has 3 unspecified atom stereocenters. The number of rotatable bonds is 4. The Morgan fingerprint density at radius 2 is 2.18 bits per heavy atom. The van der Waals surface area contributed by atoms with E-state index >= 15 is 0 Å². The summed E-state index contributed by atoms with van der Waals surface area (Å²) in [5.41, 5.74) is 0. The van der Waals surface area contributed by atoms with Gasteiger partial charge in [-0.05, 0) is 18.7 Å². The molecule has 1 saturated heterocycles. The van der Waals surface area contributed by atoms with Crippen LogP contribution in [0.1, 0.15) is 24.8 Å². The molecule has 0 bridgehead atoms. The molecule has 0 spiro atoms. The van der Waals surface area contributed by atoms with Crippen molar-refractivity contribution in [3.63, 3.8) is 0 Å². The zero-order valence-corrected chi connectivity index (χ0v) is 13.3. The van der Waals surface area contributed by atoms with Crippen LogP contribution >= 0.6 is 46.5 Å². The molecule has 1 nitrogen and oxygen atoms in total. The van der Waals surface area contributed by atoms with Crippen LogP contribution in [0.3, 0.4) is 0 Å². The minimum Gasteiger partial charge on any atom is -0.309 e. The number of nitrogens with one attached hydrogen (secondary N) is 1. The SMILES string of the molecule is CCNC(c1ccc(Cl)s1)C1SCCSC1C. The maximum atomic E-state index is 6.06. The Morgan fingerprint density at radius 1 is 1.41 bits per heavy atom. The summed E-state index contributed by atoms with van der Waals surface area (Å²) in [6.45, 7) is 5.53. The first-order chi connectivity index (χ1) is 8.22. The van der Waals surface area contributed by atoms with E-state index in [4.69, 9.17) is 11.6 Å². The molecular formula is C12H18ClNS3. The summed E-state index contributed by atoms with van der Waals surface area (Å²) in [6, 6.07) is 4.63. The van der Waals surface area contributed by atoms with Crippen molar-refractivity contribution in [1.82, 2.24) is 5.32 Å². The van der Waals surface area contributed by atoms with Crippen molar-refractivity contribution in [2.75, 3.05) is 18.1 Å². The zero-order chi connectivity index (χ0) is 12.3. The van der Waals surface area contributed by atoms with Gasteiger partial charge < -0.3 is 5.32 Å². The van der Waals surface area contributed by atoms with E-state index in [9.17, 15) is 0 Å². The lowest BCUT2D eigenvalue weighted by Crippen LogP contribution is -2.37. The third kappa shape index (κ3) is 3.57. The molecule has 3 atom stereocenters. The number of hydrogen-bond donors (Lipinski definition) is 1. The van der Waals surface area contributed by atoms with Crippen LogP contribution in [0.25, 0.3) is 0 Å². The van der Waals surface area contributed by atoms with E-state index in [-0.39, 0.29) is 0 Å². The molecule has 1 fully saturated rings. The van der Waals surface area contributed by atoms with Gasteiger partial charge in [0.05, 0.1) is 10.4 Å². The van der Waals surface area contributed by atoms with Crippen LogP contribution in [0.15, 0.2) is 12.1 Å². The first kappa shape index (κ1) is 14.1. The summed E-state index contributed by atoms with van der Waals surface area (Å²) >= 11 is 12.0. The first-order valence-corrected chi connectivity index (χ1v) is 9.23. The third-order valence-corrected chi connectivity index (χ3v) is 7.40. The molecule has 0 amide bonds. The predicted molar refractivity (Wildman–Crippen MR) is 83.9 cm³/mol. The van der Waals surface area contributed by atoms with Gasteiger partial charge in [0.15, 0.2) is 0 Å². The monoisotopic (exact) mass is 307 g/mol. The van der Waals surface area contributed by atoms with Crippen molar-refractivity contribution in [3.05, 3.63) is 21.3 Å². The van der Waals surface area contributed by atoms with Crippen LogP contribution in [0, 0.1) is 0 Å². The molecular weight excluding hydrogens is 290 g/mol. The highest BCUT2D eigenvalue weighted by atomic mass is 35.5. The van der Waals surface area contributed by atoms with Crippen molar-refractivity contribution < 1.29 is 0 Å². The van der Waals surface area contributed by atoms with Crippen LogP contribution < -0.4 is 5.32 Å². The van der Waals surface area contributed by atoms with Crippen LogP contribution in [0.2, 0.25) is 4.34 Å². The molecule has 0 radical (unpaired) electrons. The summed E-state index contributed by atoms with van der Waals surface area (Å²) in [4.78, 5) is 1.38. The van der Waals surface area contributed by atoms with Gasteiger partial charge in [0, 0.05) is 26.9 Å². The van der Waals surface area contributed by atoms with Gasteiger partial charge in [-0.1, -0.05) is 25.4 Å². The maximum absolute atomic E-state index is 6.06. The topological polar surface area (TPSA) is 12.0 Å². The molecule has 96 valence electrons. The summed E-state index contributed by atoms with van der Waals surface area (Å²) in [7, 11) is 0. The van der Waals surface area contributed by atoms with Crippen molar-refractivity contribution in [3.8, 4) is 0 Å². The Labute approximate surface area is 121 Å². The standard InChI is InChI=1S/C12H18ClNS3/c1-3-14-11(9-4-5-10(13)17-9)12-8(2)15-6-7-16-12/h4-5,8,11-12,14H,3,6-7H2,1-2H3. The highest BCUT2D eigenvalue weighted by Gasteiger charge is 2.31. The van der Waals surface area contributed by atoms with E-state index in [1.54, 1.807) is 11.3 Å². The summed E-state index contributed by atoms with van der Waals surface area (Å²) in [5, 5.41) is 4.99. The number of halogens is 1. The van der Waals surface area contributed by atoms with Crippen molar-refractivity contribution in [2.45, 2.75) is 30.4 Å². The number of thioether (sulfide) groups is 2. The van der Waals surface area contributed by atoms with Crippen molar-refractivity contribution >= 4 is 46.5 Å². The lowest BCUT2D eigenvalue weighted by molar-refractivity contribution is 0.533. The van der Waals surface area contributed by atoms with Gasteiger partial charge in [0.25, 0.3) is 0 Å². The molecule has 1 aromatic heterocycles. The van der Waals surface area contributed by atoms with Gasteiger partial charge in [-0.25, -0.2) is 0 Å². The fraction of sp³-hybridized carbons (Fsp3) is 0.667. The second-order valence-corrected chi connectivity index (χ2v) is 8.61. The molecule has 5 heteroatoms. The summed E-state index contributed by atoms with van der Waals surface area (Å²) in [6.07, 6.45) is 0. The van der Waals surface area contributed by atoms with Gasteiger partial charge in [-0.3, -0.25) is 0 Å². The number of thiophene rings is 1.